The fraction of sp³-hybridized carbons (Fsp3) is 0.278. The van der Waals surface area contributed by atoms with E-state index in [2.05, 4.69) is 0 Å². The lowest BCUT2D eigenvalue weighted by Gasteiger charge is -2.13. The highest BCUT2D eigenvalue weighted by Crippen LogP contribution is 2.52. The molecule has 0 saturated heterocycles. The van der Waals surface area contributed by atoms with Gasteiger partial charge in [-0.2, -0.15) is 0 Å². The van der Waals surface area contributed by atoms with Crippen molar-refractivity contribution in [1.82, 2.24) is 0 Å². The van der Waals surface area contributed by atoms with Crippen molar-refractivity contribution in [2.75, 3.05) is 0 Å². The summed E-state index contributed by atoms with van der Waals surface area (Å²) in [5, 5.41) is 9.49. The topological polar surface area (TPSA) is 50.4 Å². The Bertz CT molecular complexity index is 707. The summed E-state index contributed by atoms with van der Waals surface area (Å²) < 4.78 is 5.50. The Morgan fingerprint density at radius 3 is 2.52 bits per heavy atom. The molecular formula is C18H16O3. The number of furan rings is 1. The van der Waals surface area contributed by atoms with E-state index >= 15 is 0 Å². The van der Waals surface area contributed by atoms with E-state index in [-0.39, 0.29) is 17.5 Å². The monoisotopic (exact) mass is 280 g/mol. The second-order valence-corrected chi connectivity index (χ2v) is 5.82. The molecule has 1 N–H and O–H groups in total. The first-order valence-electron chi connectivity index (χ1n) is 7.37. The molecule has 2 unspecified atom stereocenters. The molecule has 21 heavy (non-hydrogen) atoms. The van der Waals surface area contributed by atoms with Crippen LogP contribution in [0, 0.1) is 11.8 Å². The molecule has 2 aliphatic rings. The van der Waals surface area contributed by atoms with Gasteiger partial charge in [0.05, 0.1) is 11.8 Å². The van der Waals surface area contributed by atoms with E-state index in [0.29, 0.717) is 11.7 Å². The summed E-state index contributed by atoms with van der Waals surface area (Å²) in [7, 11) is 0. The molecule has 4 rings (SSSR count). The first-order chi connectivity index (χ1) is 10.3. The van der Waals surface area contributed by atoms with Gasteiger partial charge in [0, 0.05) is 5.92 Å². The molecule has 0 radical (unpaired) electrons. The van der Waals surface area contributed by atoms with Gasteiger partial charge in [-0.3, -0.25) is 4.79 Å². The van der Waals surface area contributed by atoms with Crippen molar-refractivity contribution in [3.63, 3.8) is 0 Å². The lowest BCUT2D eigenvalue weighted by Crippen LogP contribution is -2.11. The van der Waals surface area contributed by atoms with Crippen molar-refractivity contribution in [2.45, 2.75) is 19.3 Å². The van der Waals surface area contributed by atoms with Gasteiger partial charge in [0.2, 0.25) is 0 Å². The van der Waals surface area contributed by atoms with Crippen molar-refractivity contribution in [2.24, 2.45) is 11.8 Å². The highest BCUT2D eigenvalue weighted by molar-refractivity contribution is 6.32. The minimum absolute atomic E-state index is 0.105. The number of carbonyl (C=O) groups is 1. The van der Waals surface area contributed by atoms with Crippen LogP contribution in [0.25, 0.3) is 11.1 Å². The molecule has 2 aromatic rings. The number of aromatic hydroxyl groups is 1. The number of phenols is 1. The number of phenolic OH excluding ortho intramolecular Hbond substituents is 1. The second kappa shape index (κ2) is 4.62. The van der Waals surface area contributed by atoms with Crippen LogP contribution in [0.2, 0.25) is 0 Å². The molecule has 1 heterocycles. The molecule has 1 saturated carbocycles. The SMILES string of the molecule is O=C1C(c2ccco2)=C(c2ccc(O)cc2)C2CCCC12. The summed E-state index contributed by atoms with van der Waals surface area (Å²) in [5.41, 5.74) is 2.85. The predicted molar refractivity (Wildman–Crippen MR) is 79.5 cm³/mol. The Morgan fingerprint density at radius 2 is 1.81 bits per heavy atom. The number of rotatable bonds is 2. The van der Waals surface area contributed by atoms with Gasteiger partial charge < -0.3 is 9.52 Å². The molecule has 0 spiro atoms. The van der Waals surface area contributed by atoms with Gasteiger partial charge in [0.25, 0.3) is 0 Å². The van der Waals surface area contributed by atoms with Crippen LogP contribution in [0.5, 0.6) is 5.75 Å². The normalized spacial score (nSPS) is 24.7. The maximum Gasteiger partial charge on any atom is 0.170 e. The quantitative estimate of drug-likeness (QED) is 0.907. The molecule has 3 heteroatoms. The fourth-order valence-electron chi connectivity index (χ4n) is 3.80. The van der Waals surface area contributed by atoms with Crippen LogP contribution in [0.4, 0.5) is 0 Å². The van der Waals surface area contributed by atoms with Gasteiger partial charge in [-0.1, -0.05) is 18.6 Å². The summed E-state index contributed by atoms with van der Waals surface area (Å²) in [6, 6.07) is 10.8. The van der Waals surface area contributed by atoms with Gasteiger partial charge in [0.15, 0.2) is 5.78 Å². The molecule has 2 aliphatic carbocycles. The van der Waals surface area contributed by atoms with E-state index in [9.17, 15) is 9.90 Å². The molecule has 0 bridgehead atoms. The van der Waals surface area contributed by atoms with Crippen LogP contribution >= 0.6 is 0 Å². The minimum Gasteiger partial charge on any atom is -0.508 e. The number of allylic oxidation sites excluding steroid dienone is 2. The lowest BCUT2D eigenvalue weighted by atomic mass is 9.90. The first-order valence-corrected chi connectivity index (χ1v) is 7.37. The maximum absolute atomic E-state index is 12.8. The van der Waals surface area contributed by atoms with Crippen molar-refractivity contribution >= 4 is 16.9 Å². The van der Waals surface area contributed by atoms with Crippen LogP contribution in [0.3, 0.4) is 0 Å². The summed E-state index contributed by atoms with van der Waals surface area (Å²) in [5.74, 6) is 1.52. The standard InChI is InChI=1S/C18H16O3/c19-12-8-6-11(7-9-12)16-13-3-1-4-14(13)18(20)17(16)15-5-2-10-21-15/h2,5-10,13-14,19H,1,3-4H2. The maximum atomic E-state index is 12.8. The Morgan fingerprint density at radius 1 is 1.05 bits per heavy atom. The number of hydrogen-bond acceptors (Lipinski definition) is 3. The molecule has 2 atom stereocenters. The number of ketones is 1. The third kappa shape index (κ3) is 1.84. The Hall–Kier alpha value is -2.29. The molecular weight excluding hydrogens is 264 g/mol. The zero-order valence-corrected chi connectivity index (χ0v) is 11.6. The zero-order chi connectivity index (χ0) is 14.4. The van der Waals surface area contributed by atoms with Crippen LogP contribution in [0.1, 0.15) is 30.6 Å². The number of hydrogen-bond donors (Lipinski definition) is 1. The molecule has 1 fully saturated rings. The first kappa shape index (κ1) is 12.5. The third-order valence-corrected chi connectivity index (χ3v) is 4.69. The van der Waals surface area contributed by atoms with Crippen molar-refractivity contribution < 1.29 is 14.3 Å². The number of fused-ring (bicyclic) bond motifs is 1. The van der Waals surface area contributed by atoms with Crippen LogP contribution in [-0.2, 0) is 4.79 Å². The fourth-order valence-corrected chi connectivity index (χ4v) is 3.80. The largest absolute Gasteiger partial charge is 0.508 e. The van der Waals surface area contributed by atoms with E-state index in [1.807, 2.05) is 24.3 Å². The molecule has 0 aliphatic heterocycles. The minimum atomic E-state index is 0.105. The highest BCUT2D eigenvalue weighted by Gasteiger charge is 2.45. The van der Waals surface area contributed by atoms with Gasteiger partial charge in [0.1, 0.15) is 11.5 Å². The Labute approximate surface area is 122 Å². The molecule has 106 valence electrons. The average Bonchev–Trinajstić information content (AvgIpc) is 3.19. The summed E-state index contributed by atoms with van der Waals surface area (Å²) >= 11 is 0. The van der Waals surface area contributed by atoms with E-state index < -0.39 is 0 Å². The van der Waals surface area contributed by atoms with Crippen molar-refractivity contribution in [3.05, 3.63) is 54.0 Å². The Kier molecular flexibility index (Phi) is 2.74. The summed E-state index contributed by atoms with van der Waals surface area (Å²) in [6.45, 7) is 0. The number of Topliss-reactive ketones (excluding diaryl/α,β-unsaturated/α-hetero) is 1. The van der Waals surface area contributed by atoms with Gasteiger partial charge in [-0.25, -0.2) is 0 Å². The summed E-state index contributed by atoms with van der Waals surface area (Å²) in [4.78, 5) is 12.8. The smallest absolute Gasteiger partial charge is 0.170 e. The van der Waals surface area contributed by atoms with E-state index in [0.717, 1.165) is 36.0 Å². The van der Waals surface area contributed by atoms with Crippen LogP contribution < -0.4 is 0 Å². The molecule has 1 aromatic carbocycles. The van der Waals surface area contributed by atoms with E-state index in [4.69, 9.17) is 4.42 Å². The second-order valence-electron chi connectivity index (χ2n) is 5.82. The zero-order valence-electron chi connectivity index (χ0n) is 11.6. The third-order valence-electron chi connectivity index (χ3n) is 4.69. The van der Waals surface area contributed by atoms with Gasteiger partial charge in [-0.15, -0.1) is 0 Å². The van der Waals surface area contributed by atoms with Gasteiger partial charge in [-0.05, 0) is 54.2 Å². The molecule has 0 amide bonds. The molecule has 1 aromatic heterocycles. The average molecular weight is 280 g/mol. The molecule has 3 nitrogen and oxygen atoms in total. The van der Waals surface area contributed by atoms with E-state index in [1.165, 1.54) is 0 Å². The predicted octanol–water partition coefficient (Wildman–Crippen LogP) is 3.90. The van der Waals surface area contributed by atoms with Crippen molar-refractivity contribution in [1.29, 1.82) is 0 Å². The summed E-state index contributed by atoms with van der Waals surface area (Å²) in [6.07, 6.45) is 4.73. The number of carbonyl (C=O) groups excluding carboxylic acids is 1. The van der Waals surface area contributed by atoms with E-state index in [1.54, 1.807) is 18.4 Å². The van der Waals surface area contributed by atoms with Gasteiger partial charge >= 0.3 is 0 Å². The highest BCUT2D eigenvalue weighted by atomic mass is 16.3. The Balaban J connectivity index is 1.92. The van der Waals surface area contributed by atoms with Crippen LogP contribution in [0.15, 0.2) is 47.1 Å². The number of benzene rings is 1. The van der Waals surface area contributed by atoms with Crippen LogP contribution in [-0.4, -0.2) is 10.9 Å². The lowest BCUT2D eigenvalue weighted by molar-refractivity contribution is -0.117. The van der Waals surface area contributed by atoms with Crippen molar-refractivity contribution in [3.8, 4) is 5.75 Å².